The molecule has 216 valence electrons. The number of anilines is 1. The van der Waals surface area contributed by atoms with Crippen molar-refractivity contribution in [1.29, 1.82) is 0 Å². The Morgan fingerprint density at radius 1 is 1.10 bits per heavy atom. The molecule has 7 nitrogen and oxygen atoms in total. The molecule has 4 aromatic rings. The molecular weight excluding hydrogens is 639 g/mol. The van der Waals surface area contributed by atoms with Crippen molar-refractivity contribution in [3.05, 3.63) is 86.6 Å². The largest absolute Gasteiger partial charge is 0.487 e. The van der Waals surface area contributed by atoms with Crippen molar-refractivity contribution in [2.75, 3.05) is 11.9 Å². The number of hydrogen-bond donors (Lipinski definition) is 2. The summed E-state index contributed by atoms with van der Waals surface area (Å²) in [4.78, 5) is 28.9. The minimum atomic E-state index is -5.01. The topological polar surface area (TPSA) is 85.2 Å². The van der Waals surface area contributed by atoms with Crippen LogP contribution in [0, 0.1) is 0 Å². The number of benzene rings is 3. The van der Waals surface area contributed by atoms with Gasteiger partial charge in [-0.15, -0.1) is 0 Å². The van der Waals surface area contributed by atoms with Gasteiger partial charge in [0, 0.05) is 41.3 Å². The first kappa shape index (κ1) is 30.3. The number of fused-ring (bicyclic) bond motifs is 1. The molecule has 0 bridgehead atoms. The molecule has 0 aliphatic heterocycles. The lowest BCUT2D eigenvalue weighted by molar-refractivity contribution is -0.173. The van der Waals surface area contributed by atoms with E-state index in [1.807, 2.05) is 5.32 Å². The van der Waals surface area contributed by atoms with Crippen LogP contribution in [0.3, 0.4) is 0 Å². The SMILES string of the molecule is Cn1c(Cc2cc(CNC(=O)C(F)(F)F)ccc2Cl)nc2cc(C(=O)Nc3ccc(Br)cc3)c(OCC(F)F)cc21. The number of nitrogens with zero attached hydrogens (tertiary/aromatic N) is 2. The summed E-state index contributed by atoms with van der Waals surface area (Å²) in [6.45, 7) is -1.30. The highest BCUT2D eigenvalue weighted by Crippen LogP contribution is 2.30. The van der Waals surface area contributed by atoms with Crippen LogP contribution in [0.25, 0.3) is 11.0 Å². The number of imidazole rings is 1. The van der Waals surface area contributed by atoms with Gasteiger partial charge in [0.2, 0.25) is 0 Å². The molecule has 0 atom stereocenters. The van der Waals surface area contributed by atoms with Crippen molar-refractivity contribution in [1.82, 2.24) is 14.9 Å². The zero-order chi connectivity index (χ0) is 29.9. The molecule has 2 N–H and O–H groups in total. The van der Waals surface area contributed by atoms with Gasteiger partial charge < -0.3 is 19.9 Å². The number of alkyl halides is 5. The molecule has 2 amide bonds. The summed E-state index contributed by atoms with van der Waals surface area (Å²) in [7, 11) is 1.67. The Balaban J connectivity index is 1.64. The summed E-state index contributed by atoms with van der Waals surface area (Å²) in [5, 5.41) is 4.83. The number of amides is 2. The minimum absolute atomic E-state index is 0.00819. The van der Waals surface area contributed by atoms with Gasteiger partial charge in [-0.05, 0) is 47.5 Å². The summed E-state index contributed by atoms with van der Waals surface area (Å²) < 4.78 is 71.3. The van der Waals surface area contributed by atoms with E-state index in [2.05, 4.69) is 26.2 Å². The molecule has 0 unspecified atom stereocenters. The van der Waals surface area contributed by atoms with Gasteiger partial charge in [-0.3, -0.25) is 9.59 Å². The van der Waals surface area contributed by atoms with Gasteiger partial charge in [0.1, 0.15) is 18.2 Å². The van der Waals surface area contributed by atoms with Crippen LogP contribution in [0.15, 0.2) is 59.1 Å². The van der Waals surface area contributed by atoms with Gasteiger partial charge >= 0.3 is 12.1 Å². The fraction of sp³-hybridized carbons (Fsp3) is 0.222. The quantitative estimate of drug-likeness (QED) is 0.197. The predicted octanol–water partition coefficient (Wildman–Crippen LogP) is 6.65. The number of carbonyl (C=O) groups excluding carboxylic acids is 2. The highest BCUT2D eigenvalue weighted by atomic mass is 79.9. The molecule has 0 spiro atoms. The monoisotopic (exact) mass is 658 g/mol. The zero-order valence-corrected chi connectivity index (χ0v) is 23.5. The van der Waals surface area contributed by atoms with Gasteiger partial charge in [-0.1, -0.05) is 39.7 Å². The Hall–Kier alpha value is -3.71. The van der Waals surface area contributed by atoms with Gasteiger partial charge in [-0.2, -0.15) is 13.2 Å². The molecule has 41 heavy (non-hydrogen) atoms. The average Bonchev–Trinajstić information content (AvgIpc) is 3.21. The van der Waals surface area contributed by atoms with E-state index in [-0.39, 0.29) is 24.3 Å². The van der Waals surface area contributed by atoms with Gasteiger partial charge in [-0.25, -0.2) is 13.8 Å². The molecule has 0 aliphatic carbocycles. The maximum Gasteiger partial charge on any atom is 0.471 e. The number of nitrogens with one attached hydrogen (secondary N) is 2. The van der Waals surface area contributed by atoms with Crippen LogP contribution in [0.2, 0.25) is 5.02 Å². The Morgan fingerprint density at radius 2 is 1.80 bits per heavy atom. The molecule has 14 heteroatoms. The van der Waals surface area contributed by atoms with E-state index >= 15 is 0 Å². The van der Waals surface area contributed by atoms with E-state index in [1.165, 1.54) is 24.3 Å². The number of aryl methyl sites for hydroxylation is 1. The maximum atomic E-state index is 13.1. The summed E-state index contributed by atoms with van der Waals surface area (Å²) in [6, 6.07) is 14.2. The van der Waals surface area contributed by atoms with E-state index in [9.17, 15) is 31.5 Å². The van der Waals surface area contributed by atoms with Crippen LogP contribution >= 0.6 is 27.5 Å². The van der Waals surface area contributed by atoms with Crippen LogP contribution in [0.1, 0.15) is 27.3 Å². The zero-order valence-electron chi connectivity index (χ0n) is 21.2. The van der Waals surface area contributed by atoms with Gasteiger partial charge in [0.15, 0.2) is 0 Å². The highest BCUT2D eigenvalue weighted by Gasteiger charge is 2.38. The van der Waals surface area contributed by atoms with Crippen molar-refractivity contribution >= 4 is 56.1 Å². The molecule has 0 aliphatic rings. The fourth-order valence-corrected chi connectivity index (χ4v) is 4.38. The van der Waals surface area contributed by atoms with Crippen molar-refractivity contribution in [2.45, 2.75) is 25.6 Å². The lowest BCUT2D eigenvalue weighted by atomic mass is 10.1. The second kappa shape index (κ2) is 12.4. The third kappa shape index (κ3) is 7.53. The maximum absolute atomic E-state index is 13.1. The van der Waals surface area contributed by atoms with Crippen LogP contribution in [0.4, 0.5) is 27.6 Å². The molecule has 0 saturated carbocycles. The van der Waals surface area contributed by atoms with E-state index in [0.717, 1.165) is 4.47 Å². The lowest BCUT2D eigenvalue weighted by Gasteiger charge is -2.13. The first-order chi connectivity index (χ1) is 19.3. The standard InChI is InChI=1S/C27H21BrClF5N4O3/c1-38-21-11-22(41-13-23(30)31)18(25(39)36-17-5-3-16(28)4-6-17)10-20(21)37-24(38)9-15-8-14(2-7-19(15)29)12-35-26(40)27(32,33)34/h2-8,10-11,23H,9,12-13H2,1H3,(H,35,40)(H,36,39). The van der Waals surface area contributed by atoms with E-state index < -0.39 is 31.0 Å². The van der Waals surface area contributed by atoms with E-state index in [1.54, 1.807) is 41.9 Å². The van der Waals surface area contributed by atoms with Crippen LogP contribution in [0.5, 0.6) is 5.75 Å². The highest BCUT2D eigenvalue weighted by molar-refractivity contribution is 9.10. The van der Waals surface area contributed by atoms with Gasteiger partial charge in [0.05, 0.1) is 16.6 Å². The average molecular weight is 660 g/mol. The number of aromatic nitrogens is 2. The lowest BCUT2D eigenvalue weighted by Crippen LogP contribution is -2.36. The first-order valence-electron chi connectivity index (χ1n) is 11.9. The summed E-state index contributed by atoms with van der Waals surface area (Å²) in [6.07, 6.45) is -7.64. The normalized spacial score (nSPS) is 11.6. The van der Waals surface area contributed by atoms with E-state index in [0.29, 0.717) is 38.7 Å². The minimum Gasteiger partial charge on any atom is -0.487 e. The first-order valence-corrected chi connectivity index (χ1v) is 13.1. The molecule has 0 fully saturated rings. The smallest absolute Gasteiger partial charge is 0.471 e. The molecule has 4 rings (SSSR count). The predicted molar refractivity (Wildman–Crippen MR) is 146 cm³/mol. The van der Waals surface area contributed by atoms with Crippen molar-refractivity contribution in [2.24, 2.45) is 7.05 Å². The molecule has 1 aromatic heterocycles. The molecule has 0 saturated heterocycles. The summed E-state index contributed by atoms with van der Waals surface area (Å²) in [5.74, 6) is -2.26. The van der Waals surface area contributed by atoms with Crippen LogP contribution < -0.4 is 15.4 Å². The third-order valence-electron chi connectivity index (χ3n) is 5.96. The molecule has 3 aromatic carbocycles. The van der Waals surface area contributed by atoms with Crippen LogP contribution in [-0.4, -0.2) is 40.6 Å². The Morgan fingerprint density at radius 3 is 2.46 bits per heavy atom. The third-order valence-corrected chi connectivity index (χ3v) is 6.85. The number of halogens is 7. The number of hydrogen-bond acceptors (Lipinski definition) is 4. The number of ether oxygens (including phenoxy) is 1. The van der Waals surface area contributed by atoms with Gasteiger partial charge in [0.25, 0.3) is 12.3 Å². The fourth-order valence-electron chi connectivity index (χ4n) is 3.93. The van der Waals surface area contributed by atoms with Crippen LogP contribution in [-0.2, 0) is 24.8 Å². The Kier molecular flexibility index (Phi) is 9.17. The second-order valence-electron chi connectivity index (χ2n) is 8.87. The van der Waals surface area contributed by atoms with Crippen molar-refractivity contribution in [3.8, 4) is 5.75 Å². The van der Waals surface area contributed by atoms with E-state index in [4.69, 9.17) is 16.3 Å². The van der Waals surface area contributed by atoms with Crippen molar-refractivity contribution in [3.63, 3.8) is 0 Å². The molecular formula is C27H21BrClF5N4O3. The number of rotatable bonds is 9. The molecule has 0 radical (unpaired) electrons. The van der Waals surface area contributed by atoms with Crippen molar-refractivity contribution < 1.29 is 36.3 Å². The Bertz CT molecular complexity index is 1590. The Labute approximate surface area is 243 Å². The number of carbonyl (C=O) groups is 2. The molecule has 1 heterocycles. The summed E-state index contributed by atoms with van der Waals surface area (Å²) >= 11 is 9.64. The second-order valence-corrected chi connectivity index (χ2v) is 10.2. The summed E-state index contributed by atoms with van der Waals surface area (Å²) in [5.41, 5.74) is 2.22.